The van der Waals surface area contributed by atoms with Crippen LogP contribution in [0.2, 0.25) is 0 Å². The third-order valence-corrected chi connectivity index (χ3v) is 4.22. The molecule has 2 rings (SSSR count). The molecular weight excluding hydrogens is 382 g/mol. The fraction of sp³-hybridized carbons (Fsp3) is 0.273. The monoisotopic (exact) mass is 409 g/mol. The standard InChI is InChI=1S/C22H27N5O3/c1-5-15-7-6-8-16(11-15)26-22(23)17-12-19(20(30-4)13-18(17)24-2)27-21(28)14-25-9-10-29-3/h1,6-8,11-13,24-25H,9-10,14H2,2-4H3,(H2,23,26)(H,27,28). The zero-order valence-electron chi connectivity index (χ0n) is 17.4. The minimum Gasteiger partial charge on any atom is -0.494 e. The normalized spacial score (nSPS) is 10.1. The van der Waals surface area contributed by atoms with Crippen molar-refractivity contribution >= 4 is 28.8 Å². The van der Waals surface area contributed by atoms with Crippen LogP contribution in [0.5, 0.6) is 5.75 Å². The number of amidine groups is 1. The molecule has 2 aromatic rings. The van der Waals surface area contributed by atoms with E-state index in [4.69, 9.17) is 21.3 Å². The second kappa shape index (κ2) is 11.5. The summed E-state index contributed by atoms with van der Waals surface area (Å²) in [6.07, 6.45) is 5.45. The molecule has 30 heavy (non-hydrogen) atoms. The number of methoxy groups -OCH3 is 2. The summed E-state index contributed by atoms with van der Waals surface area (Å²) in [7, 11) is 4.88. The van der Waals surface area contributed by atoms with Crippen LogP contribution in [0.3, 0.4) is 0 Å². The van der Waals surface area contributed by atoms with Crippen LogP contribution in [0.15, 0.2) is 36.4 Å². The molecule has 0 fully saturated rings. The number of terminal acetylenes is 1. The second-order valence-corrected chi connectivity index (χ2v) is 6.29. The predicted molar refractivity (Wildman–Crippen MR) is 121 cm³/mol. The van der Waals surface area contributed by atoms with Gasteiger partial charge in [-0.2, -0.15) is 0 Å². The fourth-order valence-corrected chi connectivity index (χ4v) is 2.73. The van der Waals surface area contributed by atoms with Gasteiger partial charge < -0.3 is 30.7 Å². The lowest BCUT2D eigenvalue weighted by Gasteiger charge is -2.18. The van der Waals surface area contributed by atoms with Gasteiger partial charge in [0.1, 0.15) is 11.6 Å². The summed E-state index contributed by atoms with van der Waals surface area (Å²) in [5.74, 6) is 2.97. The molecule has 5 N–H and O–H groups in total. The molecule has 2 aromatic carbocycles. The van der Waals surface area contributed by atoms with E-state index in [9.17, 15) is 4.79 Å². The summed E-state index contributed by atoms with van der Waals surface area (Å²) < 4.78 is 10.4. The van der Waals surface area contributed by atoms with Crippen molar-refractivity contribution in [2.75, 3.05) is 56.9 Å². The third kappa shape index (κ3) is 6.24. The molecule has 0 heterocycles. The Balaban J connectivity index is 2.23. The van der Waals surface area contributed by atoms with Crippen molar-refractivity contribution in [2.24, 2.45) is 0 Å². The minimum atomic E-state index is -0.228. The number of ether oxygens (including phenoxy) is 2. The molecule has 0 aliphatic rings. The van der Waals surface area contributed by atoms with Crippen LogP contribution in [-0.2, 0) is 9.53 Å². The smallest absolute Gasteiger partial charge is 0.238 e. The summed E-state index contributed by atoms with van der Waals surface area (Å²) >= 11 is 0. The van der Waals surface area contributed by atoms with Gasteiger partial charge in [0.05, 0.1) is 25.9 Å². The summed E-state index contributed by atoms with van der Waals surface area (Å²) in [6, 6.07) is 10.7. The summed E-state index contributed by atoms with van der Waals surface area (Å²) in [5.41, 5.74) is 3.11. The van der Waals surface area contributed by atoms with Crippen LogP contribution >= 0.6 is 0 Å². The van der Waals surface area contributed by atoms with Gasteiger partial charge in [0.25, 0.3) is 0 Å². The van der Waals surface area contributed by atoms with Gasteiger partial charge in [0, 0.05) is 49.3 Å². The molecule has 0 saturated heterocycles. The first-order valence-corrected chi connectivity index (χ1v) is 9.34. The van der Waals surface area contributed by atoms with Gasteiger partial charge in [0.2, 0.25) is 5.91 Å². The molecule has 0 radical (unpaired) electrons. The summed E-state index contributed by atoms with van der Waals surface area (Å²) in [4.78, 5) is 12.3. The SMILES string of the molecule is C#Cc1cccc(NC(=N)c2cc(NC(=O)CNCCOC)c(OC)cc2NC)c1. The van der Waals surface area contributed by atoms with Crippen molar-refractivity contribution < 1.29 is 14.3 Å². The summed E-state index contributed by atoms with van der Waals surface area (Å²) in [6.45, 7) is 1.21. The van der Waals surface area contributed by atoms with Crippen LogP contribution in [0.4, 0.5) is 17.1 Å². The molecule has 0 aliphatic carbocycles. The van der Waals surface area contributed by atoms with E-state index in [1.54, 1.807) is 32.4 Å². The average molecular weight is 409 g/mol. The van der Waals surface area contributed by atoms with Crippen LogP contribution in [0.1, 0.15) is 11.1 Å². The Morgan fingerprint density at radius 3 is 2.63 bits per heavy atom. The number of benzene rings is 2. The number of carbonyl (C=O) groups is 1. The Kier molecular flexibility index (Phi) is 8.69. The second-order valence-electron chi connectivity index (χ2n) is 6.29. The van der Waals surface area contributed by atoms with E-state index in [1.807, 2.05) is 18.2 Å². The molecular formula is C22H27N5O3. The molecule has 158 valence electrons. The van der Waals surface area contributed by atoms with Crippen LogP contribution in [0.25, 0.3) is 0 Å². The largest absolute Gasteiger partial charge is 0.494 e. The lowest BCUT2D eigenvalue weighted by Crippen LogP contribution is -2.30. The average Bonchev–Trinajstić information content (AvgIpc) is 2.76. The van der Waals surface area contributed by atoms with E-state index in [2.05, 4.69) is 27.2 Å². The highest BCUT2D eigenvalue weighted by atomic mass is 16.5. The molecule has 0 aromatic heterocycles. The highest BCUT2D eigenvalue weighted by Crippen LogP contribution is 2.32. The number of carbonyl (C=O) groups excluding carboxylic acids is 1. The van der Waals surface area contributed by atoms with E-state index in [-0.39, 0.29) is 18.3 Å². The number of anilines is 3. The van der Waals surface area contributed by atoms with Gasteiger partial charge >= 0.3 is 0 Å². The van der Waals surface area contributed by atoms with E-state index in [1.165, 1.54) is 7.11 Å². The molecule has 8 heteroatoms. The molecule has 8 nitrogen and oxygen atoms in total. The molecule has 0 saturated carbocycles. The third-order valence-electron chi connectivity index (χ3n) is 4.22. The highest BCUT2D eigenvalue weighted by Gasteiger charge is 2.15. The van der Waals surface area contributed by atoms with E-state index in [0.29, 0.717) is 47.1 Å². The van der Waals surface area contributed by atoms with Gasteiger partial charge in [-0.25, -0.2) is 0 Å². The number of amides is 1. The fourth-order valence-electron chi connectivity index (χ4n) is 2.73. The van der Waals surface area contributed by atoms with Crippen molar-refractivity contribution in [3.63, 3.8) is 0 Å². The van der Waals surface area contributed by atoms with Gasteiger partial charge in [0.15, 0.2) is 0 Å². The predicted octanol–water partition coefficient (Wildman–Crippen LogP) is 2.33. The van der Waals surface area contributed by atoms with Crippen LogP contribution in [0, 0.1) is 17.8 Å². The topological polar surface area (TPSA) is 108 Å². The van der Waals surface area contributed by atoms with Gasteiger partial charge in [-0.1, -0.05) is 12.0 Å². The lowest BCUT2D eigenvalue weighted by molar-refractivity contribution is -0.115. The zero-order chi connectivity index (χ0) is 21.9. The maximum atomic E-state index is 12.3. The van der Waals surface area contributed by atoms with Crippen molar-refractivity contribution in [1.82, 2.24) is 5.32 Å². The molecule has 0 unspecified atom stereocenters. The molecule has 0 atom stereocenters. The minimum absolute atomic E-state index is 0.129. The van der Waals surface area contributed by atoms with Crippen LogP contribution < -0.4 is 26.0 Å². The number of hydrogen-bond donors (Lipinski definition) is 5. The van der Waals surface area contributed by atoms with E-state index >= 15 is 0 Å². The Morgan fingerprint density at radius 2 is 1.97 bits per heavy atom. The summed E-state index contributed by atoms with van der Waals surface area (Å²) in [5, 5.41) is 20.4. The van der Waals surface area contributed by atoms with E-state index in [0.717, 1.165) is 0 Å². The number of rotatable bonds is 10. The maximum Gasteiger partial charge on any atom is 0.238 e. The van der Waals surface area contributed by atoms with Gasteiger partial charge in [-0.05, 0) is 24.3 Å². The Bertz CT molecular complexity index is 937. The molecule has 0 spiro atoms. The molecule has 0 bridgehead atoms. The maximum absolute atomic E-state index is 12.3. The Hall–Kier alpha value is -3.54. The Morgan fingerprint density at radius 1 is 1.17 bits per heavy atom. The first-order valence-electron chi connectivity index (χ1n) is 9.34. The molecule has 0 aliphatic heterocycles. The van der Waals surface area contributed by atoms with Crippen molar-refractivity contribution in [2.45, 2.75) is 0 Å². The first kappa shape index (κ1) is 22.7. The Labute approximate surface area is 176 Å². The van der Waals surface area contributed by atoms with E-state index < -0.39 is 0 Å². The van der Waals surface area contributed by atoms with Crippen molar-refractivity contribution in [3.8, 4) is 18.1 Å². The highest BCUT2D eigenvalue weighted by molar-refractivity contribution is 6.11. The van der Waals surface area contributed by atoms with Crippen molar-refractivity contribution in [3.05, 3.63) is 47.5 Å². The van der Waals surface area contributed by atoms with Crippen molar-refractivity contribution in [1.29, 1.82) is 5.41 Å². The quantitative estimate of drug-likeness (QED) is 0.178. The molecule has 1 amide bonds. The van der Waals surface area contributed by atoms with Gasteiger partial charge in [-0.15, -0.1) is 6.42 Å². The number of hydrogen-bond acceptors (Lipinski definition) is 6. The number of nitrogens with one attached hydrogen (secondary N) is 5. The zero-order valence-corrected chi connectivity index (χ0v) is 17.4. The van der Waals surface area contributed by atoms with Crippen LogP contribution in [-0.4, -0.2) is 52.7 Å². The lowest BCUT2D eigenvalue weighted by atomic mass is 10.1. The first-order chi connectivity index (χ1) is 14.5. The van der Waals surface area contributed by atoms with Gasteiger partial charge in [-0.3, -0.25) is 10.2 Å².